The van der Waals surface area contributed by atoms with E-state index in [0.717, 1.165) is 16.1 Å². The predicted molar refractivity (Wildman–Crippen MR) is 65.3 cm³/mol. The van der Waals surface area contributed by atoms with E-state index in [1.165, 1.54) is 12.1 Å². The Morgan fingerprint density at radius 1 is 1.38 bits per heavy atom. The summed E-state index contributed by atoms with van der Waals surface area (Å²) in [5.74, 6) is -0.209. The molecule has 1 atom stereocenters. The first-order chi connectivity index (χ1) is 7.65. The second kappa shape index (κ2) is 4.61. The third-order valence-electron chi connectivity index (χ3n) is 2.30. The molecule has 1 aromatic heterocycles. The van der Waals surface area contributed by atoms with Crippen LogP contribution < -0.4 is 5.32 Å². The van der Waals surface area contributed by atoms with E-state index < -0.39 is 0 Å². The number of nitrogens with one attached hydrogen (secondary N) is 1. The second-order valence-corrected chi connectivity index (χ2v) is 4.71. The number of rotatable bonds is 3. The number of benzene rings is 1. The SMILES string of the molecule is Cc1cc(F)cc(NC(C)c2cncs2)c1. The third kappa shape index (κ3) is 2.58. The summed E-state index contributed by atoms with van der Waals surface area (Å²) >= 11 is 1.59. The molecule has 84 valence electrons. The van der Waals surface area contributed by atoms with Gasteiger partial charge < -0.3 is 5.32 Å². The monoisotopic (exact) mass is 236 g/mol. The smallest absolute Gasteiger partial charge is 0.125 e. The van der Waals surface area contributed by atoms with Crippen molar-refractivity contribution in [3.8, 4) is 0 Å². The zero-order chi connectivity index (χ0) is 11.5. The summed E-state index contributed by atoms with van der Waals surface area (Å²) in [7, 11) is 0. The van der Waals surface area contributed by atoms with Crippen LogP contribution in [0.3, 0.4) is 0 Å². The highest BCUT2D eigenvalue weighted by Crippen LogP contribution is 2.23. The van der Waals surface area contributed by atoms with Gasteiger partial charge in [0.25, 0.3) is 0 Å². The Kier molecular flexibility index (Phi) is 3.19. The van der Waals surface area contributed by atoms with Crippen LogP contribution in [0.5, 0.6) is 0 Å². The Balaban J connectivity index is 2.15. The number of hydrogen-bond donors (Lipinski definition) is 1. The predicted octanol–water partition coefficient (Wildman–Crippen LogP) is 3.76. The van der Waals surface area contributed by atoms with Crippen LogP contribution in [0.15, 0.2) is 29.9 Å². The molecule has 0 saturated carbocycles. The number of hydrogen-bond acceptors (Lipinski definition) is 3. The second-order valence-electron chi connectivity index (χ2n) is 3.79. The van der Waals surface area contributed by atoms with E-state index in [1.54, 1.807) is 16.8 Å². The molecule has 1 aromatic carbocycles. The molecule has 2 aromatic rings. The highest BCUT2D eigenvalue weighted by molar-refractivity contribution is 7.09. The fraction of sp³-hybridized carbons (Fsp3) is 0.250. The van der Waals surface area contributed by atoms with Crippen molar-refractivity contribution in [1.82, 2.24) is 4.98 Å². The van der Waals surface area contributed by atoms with Gasteiger partial charge in [-0.05, 0) is 37.6 Å². The maximum absolute atomic E-state index is 13.2. The third-order valence-corrected chi connectivity index (χ3v) is 3.26. The van der Waals surface area contributed by atoms with E-state index in [4.69, 9.17) is 0 Å². The van der Waals surface area contributed by atoms with Gasteiger partial charge in [0.05, 0.1) is 11.6 Å². The lowest BCUT2D eigenvalue weighted by atomic mass is 10.2. The average Bonchev–Trinajstić information content (AvgIpc) is 2.68. The van der Waals surface area contributed by atoms with Crippen LogP contribution in [-0.2, 0) is 0 Å². The van der Waals surface area contributed by atoms with Gasteiger partial charge in [0.2, 0.25) is 0 Å². The van der Waals surface area contributed by atoms with E-state index in [1.807, 2.05) is 26.1 Å². The minimum atomic E-state index is -0.209. The van der Waals surface area contributed by atoms with Crippen LogP contribution >= 0.6 is 11.3 Å². The van der Waals surface area contributed by atoms with E-state index in [2.05, 4.69) is 10.3 Å². The molecule has 0 fully saturated rings. The van der Waals surface area contributed by atoms with Gasteiger partial charge in [0.15, 0.2) is 0 Å². The molecule has 0 aliphatic rings. The molecule has 0 aliphatic heterocycles. The van der Waals surface area contributed by atoms with Crippen LogP contribution in [0.2, 0.25) is 0 Å². The molecular formula is C12H13FN2S. The van der Waals surface area contributed by atoms with Gasteiger partial charge in [0.1, 0.15) is 5.82 Å². The lowest BCUT2D eigenvalue weighted by molar-refractivity contribution is 0.626. The first kappa shape index (κ1) is 11.1. The van der Waals surface area contributed by atoms with Gasteiger partial charge in [0, 0.05) is 16.8 Å². The van der Waals surface area contributed by atoms with Crippen LogP contribution in [0, 0.1) is 12.7 Å². The Morgan fingerprint density at radius 3 is 2.81 bits per heavy atom. The van der Waals surface area contributed by atoms with Gasteiger partial charge in [-0.15, -0.1) is 11.3 Å². The number of aromatic nitrogens is 1. The zero-order valence-electron chi connectivity index (χ0n) is 9.20. The molecule has 0 aliphatic carbocycles. The van der Waals surface area contributed by atoms with Crippen LogP contribution in [0.25, 0.3) is 0 Å². The number of anilines is 1. The Labute approximate surface area is 98.2 Å². The van der Waals surface area contributed by atoms with Gasteiger partial charge in [-0.2, -0.15) is 0 Å². The molecule has 16 heavy (non-hydrogen) atoms. The summed E-state index contributed by atoms with van der Waals surface area (Å²) in [4.78, 5) is 5.17. The molecule has 0 bridgehead atoms. The largest absolute Gasteiger partial charge is 0.378 e. The summed E-state index contributed by atoms with van der Waals surface area (Å²) in [5, 5.41) is 3.26. The molecular weight excluding hydrogens is 223 g/mol. The normalized spacial score (nSPS) is 12.4. The van der Waals surface area contributed by atoms with Crippen LogP contribution in [0.4, 0.5) is 10.1 Å². The van der Waals surface area contributed by atoms with Gasteiger partial charge >= 0.3 is 0 Å². The van der Waals surface area contributed by atoms with Crippen molar-refractivity contribution in [2.45, 2.75) is 19.9 Å². The maximum atomic E-state index is 13.2. The van der Waals surface area contributed by atoms with Crippen molar-refractivity contribution in [2.24, 2.45) is 0 Å². The summed E-state index contributed by atoms with van der Waals surface area (Å²) in [6, 6.07) is 5.10. The summed E-state index contributed by atoms with van der Waals surface area (Å²) in [5.41, 5.74) is 3.52. The summed E-state index contributed by atoms with van der Waals surface area (Å²) in [6.07, 6.45) is 1.83. The Hall–Kier alpha value is -1.42. The fourth-order valence-corrected chi connectivity index (χ4v) is 2.21. The van der Waals surface area contributed by atoms with Crippen molar-refractivity contribution < 1.29 is 4.39 Å². The van der Waals surface area contributed by atoms with Crippen molar-refractivity contribution in [1.29, 1.82) is 0 Å². The van der Waals surface area contributed by atoms with Gasteiger partial charge in [-0.25, -0.2) is 4.39 Å². The molecule has 0 radical (unpaired) electrons. The topological polar surface area (TPSA) is 24.9 Å². The quantitative estimate of drug-likeness (QED) is 0.877. The maximum Gasteiger partial charge on any atom is 0.125 e. The van der Waals surface area contributed by atoms with Crippen molar-refractivity contribution in [2.75, 3.05) is 5.32 Å². The van der Waals surface area contributed by atoms with E-state index in [9.17, 15) is 4.39 Å². The molecule has 1 N–H and O–H groups in total. The van der Waals surface area contributed by atoms with Crippen LogP contribution in [0.1, 0.15) is 23.4 Å². The van der Waals surface area contributed by atoms with Gasteiger partial charge in [-0.1, -0.05) is 0 Å². The minimum Gasteiger partial charge on any atom is -0.378 e. The van der Waals surface area contributed by atoms with Crippen molar-refractivity contribution in [3.05, 3.63) is 46.2 Å². The van der Waals surface area contributed by atoms with E-state index in [0.29, 0.717) is 0 Å². The van der Waals surface area contributed by atoms with E-state index >= 15 is 0 Å². The average molecular weight is 236 g/mol. The molecule has 2 rings (SSSR count). The van der Waals surface area contributed by atoms with Crippen molar-refractivity contribution in [3.63, 3.8) is 0 Å². The minimum absolute atomic E-state index is 0.147. The molecule has 1 unspecified atom stereocenters. The number of nitrogens with zero attached hydrogens (tertiary/aromatic N) is 1. The fourth-order valence-electron chi connectivity index (χ4n) is 1.58. The first-order valence-electron chi connectivity index (χ1n) is 5.07. The van der Waals surface area contributed by atoms with Gasteiger partial charge in [-0.3, -0.25) is 4.98 Å². The molecule has 0 spiro atoms. The Bertz CT molecular complexity index is 448. The molecule has 4 heteroatoms. The lowest BCUT2D eigenvalue weighted by Gasteiger charge is -2.13. The van der Waals surface area contributed by atoms with Crippen molar-refractivity contribution >= 4 is 17.0 Å². The molecule has 2 nitrogen and oxygen atoms in total. The zero-order valence-corrected chi connectivity index (χ0v) is 10.0. The first-order valence-corrected chi connectivity index (χ1v) is 5.95. The number of thiazole rings is 1. The standard InChI is InChI=1S/C12H13FN2S/c1-8-3-10(13)5-11(4-8)15-9(2)12-6-14-7-16-12/h3-7,9,15H,1-2H3. The molecule has 0 amide bonds. The van der Waals surface area contributed by atoms with E-state index in [-0.39, 0.29) is 11.9 Å². The highest BCUT2D eigenvalue weighted by Gasteiger charge is 2.07. The summed E-state index contributed by atoms with van der Waals surface area (Å²) in [6.45, 7) is 3.92. The molecule has 0 saturated heterocycles. The Morgan fingerprint density at radius 2 is 2.19 bits per heavy atom. The number of aryl methyl sites for hydroxylation is 1. The lowest BCUT2D eigenvalue weighted by Crippen LogP contribution is -2.05. The number of halogens is 1. The molecule has 1 heterocycles. The summed E-state index contributed by atoms with van der Waals surface area (Å²) < 4.78 is 13.2. The van der Waals surface area contributed by atoms with Crippen LogP contribution in [-0.4, -0.2) is 4.98 Å². The highest BCUT2D eigenvalue weighted by atomic mass is 32.1.